The van der Waals surface area contributed by atoms with Crippen LogP contribution in [0.5, 0.6) is 0 Å². The van der Waals surface area contributed by atoms with E-state index in [0.29, 0.717) is 5.56 Å². The van der Waals surface area contributed by atoms with E-state index in [1.54, 1.807) is 24.3 Å². The Kier molecular flexibility index (Phi) is 5.86. The van der Waals surface area contributed by atoms with E-state index in [9.17, 15) is 18.4 Å². The van der Waals surface area contributed by atoms with Gasteiger partial charge in [-0.25, -0.2) is 9.59 Å². The smallest absolute Gasteiger partial charge is 0.411 e. The molecular weight excluding hydrogens is 380 g/mol. The molecule has 1 amide bonds. The van der Waals surface area contributed by atoms with Crippen LogP contribution in [0.1, 0.15) is 30.0 Å². The van der Waals surface area contributed by atoms with Crippen LogP contribution in [-0.2, 0) is 26.4 Å². The number of cyclic esters (lactones) is 1. The Labute approximate surface area is 168 Å². The fourth-order valence-corrected chi connectivity index (χ4v) is 3.43. The zero-order valence-corrected chi connectivity index (χ0v) is 16.4. The summed E-state index contributed by atoms with van der Waals surface area (Å²) in [6.07, 6.45) is -1.69. The van der Waals surface area contributed by atoms with Crippen LogP contribution >= 0.6 is 0 Å². The molecule has 1 heterocycles. The highest BCUT2D eigenvalue weighted by Gasteiger charge is 2.56. The highest BCUT2D eigenvalue weighted by Crippen LogP contribution is 2.42. The van der Waals surface area contributed by atoms with Crippen LogP contribution in [0.4, 0.5) is 13.6 Å². The number of esters is 1. The quantitative estimate of drug-likeness (QED) is 0.642. The Bertz CT molecular complexity index is 870. The number of alkyl halides is 2. The minimum absolute atomic E-state index is 0.0984. The summed E-state index contributed by atoms with van der Waals surface area (Å²) in [5.74, 6) is -5.42. The van der Waals surface area contributed by atoms with Crippen molar-refractivity contribution in [3.8, 4) is 0 Å². The van der Waals surface area contributed by atoms with E-state index in [1.165, 1.54) is 11.8 Å². The molecule has 1 saturated heterocycles. The van der Waals surface area contributed by atoms with Gasteiger partial charge in [-0.15, -0.1) is 0 Å². The third kappa shape index (κ3) is 4.55. The molecule has 1 aliphatic rings. The standard InChI is InChI=1S/C22H23F2NO4/c1-3-28-19(26)22(23,24)14-21(18-11-9-16(2)10-12-18)15-25(20(27)29-21)13-17-7-5-4-6-8-17/h4-12H,3,13-15H2,1-2H3. The predicted molar refractivity (Wildman–Crippen MR) is 102 cm³/mol. The number of hydrogen-bond donors (Lipinski definition) is 0. The molecule has 29 heavy (non-hydrogen) atoms. The van der Waals surface area contributed by atoms with Crippen molar-refractivity contribution in [3.05, 3.63) is 71.3 Å². The Morgan fingerprint density at radius 3 is 2.45 bits per heavy atom. The molecule has 0 spiro atoms. The van der Waals surface area contributed by atoms with E-state index in [-0.39, 0.29) is 19.7 Å². The summed E-state index contributed by atoms with van der Waals surface area (Å²) in [6, 6.07) is 16.0. The predicted octanol–water partition coefficient (Wildman–Crippen LogP) is 4.43. The average Bonchev–Trinajstić information content (AvgIpc) is 2.98. The van der Waals surface area contributed by atoms with Crippen molar-refractivity contribution in [1.82, 2.24) is 4.90 Å². The summed E-state index contributed by atoms with van der Waals surface area (Å²) in [6.45, 7) is 3.29. The molecule has 1 atom stereocenters. The molecule has 5 nitrogen and oxygen atoms in total. The topological polar surface area (TPSA) is 55.8 Å². The SMILES string of the molecule is CCOC(=O)C(F)(F)CC1(c2ccc(C)cc2)CN(Cc2ccccc2)C(=O)O1. The molecule has 0 N–H and O–H groups in total. The Morgan fingerprint density at radius 1 is 1.17 bits per heavy atom. The van der Waals surface area contributed by atoms with Gasteiger partial charge in [-0.05, 0) is 25.0 Å². The summed E-state index contributed by atoms with van der Waals surface area (Å²) in [5.41, 5.74) is 0.541. The first-order chi connectivity index (χ1) is 13.8. The number of halogens is 2. The third-order valence-corrected chi connectivity index (χ3v) is 4.86. The van der Waals surface area contributed by atoms with E-state index < -0.39 is 30.0 Å². The number of amides is 1. The average molecular weight is 403 g/mol. The molecule has 0 saturated carbocycles. The van der Waals surface area contributed by atoms with Gasteiger partial charge >= 0.3 is 18.0 Å². The summed E-state index contributed by atoms with van der Waals surface area (Å²) in [4.78, 5) is 25.7. The van der Waals surface area contributed by atoms with Gasteiger partial charge in [0.2, 0.25) is 0 Å². The molecule has 0 radical (unpaired) electrons. The van der Waals surface area contributed by atoms with Gasteiger partial charge in [0.05, 0.1) is 19.6 Å². The number of carbonyl (C=O) groups is 2. The number of carbonyl (C=O) groups excluding carboxylic acids is 2. The van der Waals surface area contributed by atoms with Crippen LogP contribution in [0.15, 0.2) is 54.6 Å². The van der Waals surface area contributed by atoms with Gasteiger partial charge in [0.1, 0.15) is 0 Å². The maximum absolute atomic E-state index is 14.7. The Hall–Kier alpha value is -2.96. The molecule has 154 valence electrons. The van der Waals surface area contributed by atoms with Crippen molar-refractivity contribution in [1.29, 1.82) is 0 Å². The van der Waals surface area contributed by atoms with E-state index in [2.05, 4.69) is 4.74 Å². The van der Waals surface area contributed by atoms with Crippen molar-refractivity contribution < 1.29 is 27.8 Å². The van der Waals surface area contributed by atoms with Gasteiger partial charge in [0.25, 0.3) is 0 Å². The second-order valence-electron chi connectivity index (χ2n) is 7.17. The molecule has 0 aromatic heterocycles. The Balaban J connectivity index is 1.93. The highest BCUT2D eigenvalue weighted by atomic mass is 19.3. The van der Waals surface area contributed by atoms with Crippen LogP contribution in [0.2, 0.25) is 0 Å². The molecule has 0 bridgehead atoms. The molecule has 1 unspecified atom stereocenters. The maximum atomic E-state index is 14.7. The van der Waals surface area contributed by atoms with Gasteiger partial charge < -0.3 is 9.47 Å². The lowest BCUT2D eigenvalue weighted by Gasteiger charge is -2.30. The first-order valence-electron chi connectivity index (χ1n) is 9.40. The second-order valence-corrected chi connectivity index (χ2v) is 7.17. The van der Waals surface area contributed by atoms with E-state index in [1.807, 2.05) is 37.3 Å². The van der Waals surface area contributed by atoms with Crippen LogP contribution in [0, 0.1) is 6.92 Å². The summed E-state index contributed by atoms with van der Waals surface area (Å²) < 4.78 is 39.4. The van der Waals surface area contributed by atoms with Gasteiger partial charge in [-0.2, -0.15) is 8.78 Å². The number of rotatable bonds is 7. The lowest BCUT2D eigenvalue weighted by molar-refractivity contribution is -0.179. The lowest BCUT2D eigenvalue weighted by atomic mass is 9.87. The van der Waals surface area contributed by atoms with Gasteiger partial charge in [0, 0.05) is 6.54 Å². The van der Waals surface area contributed by atoms with Crippen LogP contribution < -0.4 is 0 Å². The number of benzene rings is 2. The second kappa shape index (κ2) is 8.19. The van der Waals surface area contributed by atoms with Crippen LogP contribution in [-0.4, -0.2) is 36.0 Å². The molecule has 1 fully saturated rings. The minimum Gasteiger partial charge on any atom is -0.462 e. The van der Waals surface area contributed by atoms with Gasteiger partial charge in [0.15, 0.2) is 5.60 Å². The van der Waals surface area contributed by atoms with Crippen molar-refractivity contribution in [2.75, 3.05) is 13.2 Å². The van der Waals surface area contributed by atoms with Crippen molar-refractivity contribution in [2.45, 2.75) is 38.3 Å². The van der Waals surface area contributed by atoms with Crippen molar-refractivity contribution in [3.63, 3.8) is 0 Å². The first-order valence-corrected chi connectivity index (χ1v) is 9.40. The fourth-order valence-electron chi connectivity index (χ4n) is 3.43. The van der Waals surface area contributed by atoms with Crippen LogP contribution in [0.3, 0.4) is 0 Å². The molecule has 2 aromatic carbocycles. The molecule has 1 aliphatic heterocycles. The van der Waals surface area contributed by atoms with E-state index in [4.69, 9.17) is 4.74 Å². The summed E-state index contributed by atoms with van der Waals surface area (Å²) in [5, 5.41) is 0. The number of hydrogen-bond acceptors (Lipinski definition) is 4. The maximum Gasteiger partial charge on any atom is 0.411 e. The monoisotopic (exact) mass is 403 g/mol. The molecular formula is C22H23F2NO4. The molecule has 3 rings (SSSR count). The third-order valence-electron chi connectivity index (χ3n) is 4.86. The van der Waals surface area contributed by atoms with Gasteiger partial charge in [-0.1, -0.05) is 60.2 Å². The molecule has 0 aliphatic carbocycles. The van der Waals surface area contributed by atoms with Crippen LogP contribution in [0.25, 0.3) is 0 Å². The fraction of sp³-hybridized carbons (Fsp3) is 0.364. The van der Waals surface area contributed by atoms with E-state index >= 15 is 0 Å². The summed E-state index contributed by atoms with van der Waals surface area (Å²) in [7, 11) is 0. The van der Waals surface area contributed by atoms with Gasteiger partial charge in [-0.3, -0.25) is 4.90 Å². The number of nitrogens with zero attached hydrogens (tertiary/aromatic N) is 1. The van der Waals surface area contributed by atoms with Crippen molar-refractivity contribution in [2.24, 2.45) is 0 Å². The summed E-state index contributed by atoms with van der Waals surface area (Å²) >= 11 is 0. The minimum atomic E-state index is -3.80. The normalized spacial score (nSPS) is 19.2. The zero-order chi connectivity index (χ0) is 21.1. The highest BCUT2D eigenvalue weighted by molar-refractivity contribution is 5.78. The first kappa shape index (κ1) is 20.8. The number of aryl methyl sites for hydroxylation is 1. The lowest BCUT2D eigenvalue weighted by Crippen LogP contribution is -2.42. The van der Waals surface area contributed by atoms with Crippen molar-refractivity contribution >= 4 is 12.1 Å². The molecule has 7 heteroatoms. The number of ether oxygens (including phenoxy) is 2. The van der Waals surface area contributed by atoms with E-state index in [0.717, 1.165) is 11.1 Å². The molecule has 2 aromatic rings. The zero-order valence-electron chi connectivity index (χ0n) is 16.4. The Morgan fingerprint density at radius 2 is 1.83 bits per heavy atom. The largest absolute Gasteiger partial charge is 0.462 e.